The van der Waals surface area contributed by atoms with Gasteiger partial charge in [-0.15, -0.1) is 0 Å². The van der Waals surface area contributed by atoms with Crippen LogP contribution in [0.2, 0.25) is 0 Å². The van der Waals surface area contributed by atoms with Crippen LogP contribution in [0.1, 0.15) is 33.5 Å². The third-order valence-corrected chi connectivity index (χ3v) is 4.67. The maximum atomic E-state index is 12.7. The lowest BCUT2D eigenvalue weighted by molar-refractivity contribution is -0.124. The summed E-state index contributed by atoms with van der Waals surface area (Å²) in [6.45, 7) is 4.31. The molecule has 0 fully saturated rings. The third-order valence-electron chi connectivity index (χ3n) is 4.67. The topological polar surface area (TPSA) is 97.0 Å². The van der Waals surface area contributed by atoms with Gasteiger partial charge in [-0.3, -0.25) is 9.48 Å². The monoisotopic (exact) mass is 416 g/mol. The number of ether oxygens (including phenoxy) is 1. The lowest BCUT2D eigenvalue weighted by Gasteiger charge is -2.05. The molecule has 7 heteroatoms. The average Bonchev–Trinajstić information content (AvgIpc) is 3.18. The number of hydrogen-bond donors (Lipinski definition) is 1. The van der Waals surface area contributed by atoms with Crippen molar-refractivity contribution in [2.24, 2.45) is 0 Å². The van der Waals surface area contributed by atoms with Crippen LogP contribution in [-0.2, 0) is 16.1 Å². The highest BCUT2D eigenvalue weighted by Crippen LogP contribution is 2.24. The van der Waals surface area contributed by atoms with E-state index in [2.05, 4.69) is 10.4 Å². The first-order chi connectivity index (χ1) is 15.0. The van der Waals surface area contributed by atoms with Gasteiger partial charge >= 0.3 is 5.97 Å². The second kappa shape index (κ2) is 10.2. The van der Waals surface area contributed by atoms with Crippen molar-refractivity contribution in [1.29, 1.82) is 5.26 Å². The Morgan fingerprint density at radius 2 is 1.71 bits per heavy atom. The molecule has 0 aliphatic carbocycles. The Hall–Kier alpha value is -3.92. The van der Waals surface area contributed by atoms with Crippen molar-refractivity contribution in [2.75, 3.05) is 13.2 Å². The molecule has 1 heterocycles. The first-order valence-electron chi connectivity index (χ1n) is 9.97. The van der Waals surface area contributed by atoms with Crippen LogP contribution >= 0.6 is 0 Å². The molecule has 3 rings (SSSR count). The first-order valence-corrected chi connectivity index (χ1v) is 9.97. The van der Waals surface area contributed by atoms with E-state index in [1.807, 2.05) is 68.4 Å². The molecular formula is C24H24N4O3. The maximum Gasteiger partial charge on any atom is 0.342 e. The van der Waals surface area contributed by atoms with Gasteiger partial charge in [0, 0.05) is 18.3 Å². The molecule has 0 atom stereocenters. The molecule has 158 valence electrons. The standard InChI is InChI=1S/C24H24N4O3/c1-17-4-8-19(9-5-17)14-28-15-21(23(27-28)20-10-6-18(2)7-11-20)24(30)31-16-22(29)26-13-3-12-25/h4-11,15H,3,13-14,16H2,1-2H3,(H,26,29). The lowest BCUT2D eigenvalue weighted by Crippen LogP contribution is -2.29. The van der Waals surface area contributed by atoms with Crippen molar-refractivity contribution in [1.82, 2.24) is 15.1 Å². The van der Waals surface area contributed by atoms with Gasteiger partial charge in [-0.25, -0.2) is 4.79 Å². The molecule has 3 aromatic rings. The number of hydrogen-bond acceptors (Lipinski definition) is 5. The summed E-state index contributed by atoms with van der Waals surface area (Å²) >= 11 is 0. The van der Waals surface area contributed by atoms with Crippen LogP contribution in [0.3, 0.4) is 0 Å². The molecule has 1 amide bonds. The van der Waals surface area contributed by atoms with E-state index in [1.165, 1.54) is 5.56 Å². The van der Waals surface area contributed by atoms with Gasteiger partial charge < -0.3 is 10.1 Å². The number of carbonyl (C=O) groups is 2. The molecule has 0 radical (unpaired) electrons. The molecule has 2 aromatic carbocycles. The fraction of sp³-hybridized carbons (Fsp3) is 0.250. The molecular weight excluding hydrogens is 392 g/mol. The highest BCUT2D eigenvalue weighted by atomic mass is 16.5. The number of nitriles is 1. The van der Waals surface area contributed by atoms with E-state index >= 15 is 0 Å². The van der Waals surface area contributed by atoms with Gasteiger partial charge in [0.25, 0.3) is 5.91 Å². The second-order valence-electron chi connectivity index (χ2n) is 7.27. The van der Waals surface area contributed by atoms with Crippen LogP contribution in [0.15, 0.2) is 54.7 Å². The predicted molar refractivity (Wildman–Crippen MR) is 116 cm³/mol. The third kappa shape index (κ3) is 6.03. The minimum atomic E-state index is -0.624. The molecule has 7 nitrogen and oxygen atoms in total. The second-order valence-corrected chi connectivity index (χ2v) is 7.27. The van der Waals surface area contributed by atoms with Gasteiger partial charge in [0.2, 0.25) is 0 Å². The summed E-state index contributed by atoms with van der Waals surface area (Å²) < 4.78 is 6.90. The van der Waals surface area contributed by atoms with Crippen LogP contribution < -0.4 is 5.32 Å². The van der Waals surface area contributed by atoms with Crippen molar-refractivity contribution in [3.63, 3.8) is 0 Å². The van der Waals surface area contributed by atoms with Crippen molar-refractivity contribution in [3.05, 3.63) is 77.0 Å². The summed E-state index contributed by atoms with van der Waals surface area (Å²) in [4.78, 5) is 24.5. The maximum absolute atomic E-state index is 12.7. The Balaban J connectivity index is 1.81. The number of aromatic nitrogens is 2. The zero-order valence-corrected chi connectivity index (χ0v) is 17.6. The Kier molecular flexibility index (Phi) is 7.17. The number of aryl methyl sites for hydroxylation is 2. The molecule has 0 saturated heterocycles. The number of nitrogens with zero attached hydrogens (tertiary/aromatic N) is 3. The minimum absolute atomic E-state index is 0.197. The highest BCUT2D eigenvalue weighted by Gasteiger charge is 2.20. The van der Waals surface area contributed by atoms with E-state index in [9.17, 15) is 9.59 Å². The first kappa shape index (κ1) is 21.8. The van der Waals surface area contributed by atoms with E-state index in [4.69, 9.17) is 10.00 Å². The average molecular weight is 416 g/mol. The van der Waals surface area contributed by atoms with E-state index in [0.29, 0.717) is 17.8 Å². The summed E-state index contributed by atoms with van der Waals surface area (Å²) in [6.07, 6.45) is 1.84. The molecule has 0 unspecified atom stereocenters. The molecule has 0 aliphatic heterocycles. The molecule has 0 saturated carbocycles. The highest BCUT2D eigenvalue weighted by molar-refractivity contribution is 5.97. The summed E-state index contributed by atoms with van der Waals surface area (Å²) in [5.74, 6) is -1.08. The number of amides is 1. The normalized spacial score (nSPS) is 10.4. The van der Waals surface area contributed by atoms with Gasteiger partial charge in [-0.1, -0.05) is 59.7 Å². The van der Waals surface area contributed by atoms with Crippen LogP contribution in [0.5, 0.6) is 0 Å². The van der Waals surface area contributed by atoms with E-state index in [-0.39, 0.29) is 13.0 Å². The van der Waals surface area contributed by atoms with Gasteiger partial charge in [0.05, 0.1) is 19.0 Å². The Bertz CT molecular complexity index is 1090. The summed E-state index contributed by atoms with van der Waals surface area (Å²) in [5, 5.41) is 15.7. The quantitative estimate of drug-likeness (QED) is 0.448. The fourth-order valence-electron chi connectivity index (χ4n) is 2.97. The molecule has 1 N–H and O–H groups in total. The number of nitrogens with one attached hydrogen (secondary N) is 1. The number of carbonyl (C=O) groups excluding carboxylic acids is 2. The predicted octanol–water partition coefficient (Wildman–Crippen LogP) is 3.40. The Labute approximate surface area is 181 Å². The molecule has 31 heavy (non-hydrogen) atoms. The molecule has 0 bridgehead atoms. The van der Waals surface area contributed by atoms with E-state index in [1.54, 1.807) is 10.9 Å². The molecule has 0 spiro atoms. The number of esters is 1. The fourth-order valence-corrected chi connectivity index (χ4v) is 2.97. The zero-order chi connectivity index (χ0) is 22.2. The van der Waals surface area contributed by atoms with Crippen molar-refractivity contribution in [2.45, 2.75) is 26.8 Å². The largest absolute Gasteiger partial charge is 0.452 e. The smallest absolute Gasteiger partial charge is 0.342 e. The van der Waals surface area contributed by atoms with Gasteiger partial charge in [0.1, 0.15) is 11.3 Å². The van der Waals surface area contributed by atoms with Crippen LogP contribution in [0.25, 0.3) is 11.3 Å². The van der Waals surface area contributed by atoms with E-state index in [0.717, 1.165) is 16.7 Å². The zero-order valence-electron chi connectivity index (χ0n) is 17.6. The number of benzene rings is 2. The summed E-state index contributed by atoms with van der Waals surface area (Å²) in [7, 11) is 0. The van der Waals surface area contributed by atoms with Gasteiger partial charge in [0.15, 0.2) is 6.61 Å². The van der Waals surface area contributed by atoms with Crippen LogP contribution in [-0.4, -0.2) is 34.8 Å². The summed E-state index contributed by atoms with van der Waals surface area (Å²) in [5.41, 5.74) is 4.91. The van der Waals surface area contributed by atoms with Crippen LogP contribution in [0.4, 0.5) is 0 Å². The lowest BCUT2D eigenvalue weighted by atomic mass is 10.1. The summed E-state index contributed by atoms with van der Waals surface area (Å²) in [6, 6.07) is 17.7. The van der Waals surface area contributed by atoms with Crippen molar-refractivity contribution < 1.29 is 14.3 Å². The molecule has 0 aliphatic rings. The SMILES string of the molecule is Cc1ccc(Cn2cc(C(=O)OCC(=O)NCCC#N)c(-c3ccc(C)cc3)n2)cc1. The Morgan fingerprint density at radius 3 is 2.35 bits per heavy atom. The van der Waals surface area contributed by atoms with Crippen molar-refractivity contribution in [3.8, 4) is 17.3 Å². The van der Waals surface area contributed by atoms with Crippen LogP contribution in [0, 0.1) is 25.2 Å². The Morgan fingerprint density at radius 1 is 1.06 bits per heavy atom. The molecule has 1 aromatic heterocycles. The van der Waals surface area contributed by atoms with Crippen molar-refractivity contribution >= 4 is 11.9 Å². The minimum Gasteiger partial charge on any atom is -0.452 e. The van der Waals surface area contributed by atoms with Gasteiger partial charge in [-0.05, 0) is 19.4 Å². The van der Waals surface area contributed by atoms with Gasteiger partial charge in [-0.2, -0.15) is 10.4 Å². The number of rotatable bonds is 8. The van der Waals surface area contributed by atoms with E-state index < -0.39 is 18.5 Å².